The van der Waals surface area contributed by atoms with E-state index in [1.165, 1.54) is 0 Å². The van der Waals surface area contributed by atoms with E-state index in [0.717, 1.165) is 10.8 Å². The molecule has 3 rings (SSSR count). The lowest BCUT2D eigenvalue weighted by atomic mass is 10.1. The molecular weight excluding hydrogens is 280 g/mol. The van der Waals surface area contributed by atoms with Crippen LogP contribution in [0.1, 0.15) is 5.89 Å². The minimum absolute atomic E-state index is 0.0486. The van der Waals surface area contributed by atoms with Crippen molar-refractivity contribution in [2.75, 3.05) is 0 Å². The van der Waals surface area contributed by atoms with Crippen molar-refractivity contribution < 1.29 is 18.4 Å². The Bertz CT molecular complexity index is 755. The van der Waals surface area contributed by atoms with Gasteiger partial charge in [-0.05, 0) is 11.5 Å². The summed E-state index contributed by atoms with van der Waals surface area (Å²) in [7, 11) is 0. The number of alkyl halides is 2. The number of aliphatic hydroxyl groups is 1. The van der Waals surface area contributed by atoms with E-state index in [1.807, 2.05) is 30.3 Å². The van der Waals surface area contributed by atoms with Gasteiger partial charge in [-0.25, -0.2) is 8.78 Å². The Morgan fingerprint density at radius 2 is 2.00 bits per heavy atom. The first-order valence-corrected chi connectivity index (χ1v) is 6.28. The van der Waals surface area contributed by atoms with Crippen LogP contribution in [0.4, 0.5) is 8.78 Å². The average molecular weight is 291 g/mol. The van der Waals surface area contributed by atoms with Gasteiger partial charge in [-0.2, -0.15) is 4.98 Å². The van der Waals surface area contributed by atoms with Crippen LogP contribution < -0.4 is 0 Å². The standard InChI is InChI=1S/C14H11F2N3O2/c15-13(16)10(20)7-11-18-14(19-21-11)12-9-4-2-1-3-8(9)5-6-17-12/h1-6,10,13,20H,7H2. The molecule has 0 aliphatic carbocycles. The molecule has 0 aliphatic heterocycles. The van der Waals surface area contributed by atoms with Crippen molar-refractivity contribution in [1.29, 1.82) is 0 Å². The normalized spacial score (nSPS) is 13.0. The van der Waals surface area contributed by atoms with Crippen LogP contribution >= 0.6 is 0 Å². The number of aliphatic hydroxyl groups excluding tert-OH is 1. The molecule has 0 amide bonds. The highest BCUT2D eigenvalue weighted by atomic mass is 19.3. The highest BCUT2D eigenvalue weighted by Crippen LogP contribution is 2.24. The van der Waals surface area contributed by atoms with Crippen molar-refractivity contribution in [3.8, 4) is 11.5 Å². The zero-order valence-corrected chi connectivity index (χ0v) is 10.8. The molecule has 1 unspecified atom stereocenters. The number of aromatic nitrogens is 3. The predicted molar refractivity (Wildman–Crippen MR) is 70.7 cm³/mol. The number of halogens is 2. The third-order valence-electron chi connectivity index (χ3n) is 3.03. The molecule has 2 aromatic heterocycles. The first-order chi connectivity index (χ1) is 10.1. The molecule has 1 atom stereocenters. The lowest BCUT2D eigenvalue weighted by Crippen LogP contribution is -2.20. The summed E-state index contributed by atoms with van der Waals surface area (Å²) in [4.78, 5) is 8.23. The van der Waals surface area contributed by atoms with Gasteiger partial charge in [0.15, 0.2) is 0 Å². The molecule has 0 bridgehead atoms. The van der Waals surface area contributed by atoms with E-state index in [9.17, 15) is 8.78 Å². The zero-order chi connectivity index (χ0) is 14.8. The second-order valence-corrected chi connectivity index (χ2v) is 4.50. The lowest BCUT2D eigenvalue weighted by Gasteiger charge is -2.04. The summed E-state index contributed by atoms with van der Waals surface area (Å²) < 4.78 is 29.5. The van der Waals surface area contributed by atoms with Gasteiger partial charge in [0.2, 0.25) is 11.7 Å². The van der Waals surface area contributed by atoms with Crippen molar-refractivity contribution in [1.82, 2.24) is 15.1 Å². The van der Waals surface area contributed by atoms with Gasteiger partial charge in [0.05, 0.1) is 6.42 Å². The van der Waals surface area contributed by atoms with Gasteiger partial charge in [-0.15, -0.1) is 0 Å². The summed E-state index contributed by atoms with van der Waals surface area (Å²) in [6, 6.07) is 9.38. The van der Waals surface area contributed by atoms with Gasteiger partial charge in [-0.1, -0.05) is 29.4 Å². The number of rotatable bonds is 4. The monoisotopic (exact) mass is 291 g/mol. The van der Waals surface area contributed by atoms with Crippen molar-refractivity contribution in [3.05, 3.63) is 42.4 Å². The smallest absolute Gasteiger partial charge is 0.264 e. The number of benzene rings is 1. The van der Waals surface area contributed by atoms with Crippen LogP contribution in [0.15, 0.2) is 41.1 Å². The molecule has 5 nitrogen and oxygen atoms in total. The summed E-state index contributed by atoms with van der Waals surface area (Å²) in [5, 5.41) is 14.7. The molecule has 0 aliphatic rings. The molecule has 108 valence electrons. The van der Waals surface area contributed by atoms with E-state index in [2.05, 4.69) is 15.1 Å². The fourth-order valence-corrected chi connectivity index (χ4v) is 2.00. The molecule has 3 aromatic rings. The Balaban J connectivity index is 1.95. The van der Waals surface area contributed by atoms with Gasteiger partial charge >= 0.3 is 0 Å². The molecule has 0 saturated heterocycles. The summed E-state index contributed by atoms with van der Waals surface area (Å²) in [6.45, 7) is 0. The minimum atomic E-state index is -2.85. The third kappa shape index (κ3) is 2.73. The van der Waals surface area contributed by atoms with Crippen LogP contribution in [-0.2, 0) is 6.42 Å². The van der Waals surface area contributed by atoms with E-state index in [0.29, 0.717) is 5.69 Å². The first-order valence-electron chi connectivity index (χ1n) is 6.28. The fourth-order valence-electron chi connectivity index (χ4n) is 2.00. The number of hydrogen-bond donors (Lipinski definition) is 1. The second-order valence-electron chi connectivity index (χ2n) is 4.50. The summed E-state index contributed by atoms with van der Waals surface area (Å²) in [5.41, 5.74) is 0.509. The van der Waals surface area contributed by atoms with Gasteiger partial charge < -0.3 is 9.63 Å². The molecule has 7 heteroatoms. The van der Waals surface area contributed by atoms with E-state index in [4.69, 9.17) is 9.63 Å². The summed E-state index contributed by atoms with van der Waals surface area (Å²) in [6.07, 6.45) is -3.45. The fraction of sp³-hybridized carbons (Fsp3) is 0.214. The number of pyridine rings is 1. The van der Waals surface area contributed by atoms with Crippen LogP contribution in [-0.4, -0.2) is 32.8 Å². The molecule has 0 radical (unpaired) electrons. The molecular formula is C14H11F2N3O2. The zero-order valence-electron chi connectivity index (χ0n) is 10.8. The number of nitrogens with zero attached hydrogens (tertiary/aromatic N) is 3. The van der Waals surface area contributed by atoms with E-state index >= 15 is 0 Å². The third-order valence-corrected chi connectivity index (χ3v) is 3.03. The van der Waals surface area contributed by atoms with Crippen molar-refractivity contribution in [3.63, 3.8) is 0 Å². The topological polar surface area (TPSA) is 72.0 Å². The van der Waals surface area contributed by atoms with Crippen molar-refractivity contribution in [2.24, 2.45) is 0 Å². The molecule has 0 spiro atoms. The molecule has 1 N–H and O–H groups in total. The Morgan fingerprint density at radius 3 is 2.81 bits per heavy atom. The summed E-state index contributed by atoms with van der Waals surface area (Å²) >= 11 is 0. The maximum atomic E-state index is 12.3. The number of hydrogen-bond acceptors (Lipinski definition) is 5. The van der Waals surface area contributed by atoms with E-state index < -0.39 is 19.0 Å². The average Bonchev–Trinajstić information content (AvgIpc) is 2.95. The summed E-state index contributed by atoms with van der Waals surface area (Å²) in [5.74, 6) is 0.163. The molecule has 1 aromatic carbocycles. The maximum Gasteiger partial charge on any atom is 0.264 e. The SMILES string of the molecule is OC(Cc1nc(-c2nccc3ccccc23)no1)C(F)F. The number of fused-ring (bicyclic) bond motifs is 1. The van der Waals surface area contributed by atoms with Crippen LogP contribution in [0.2, 0.25) is 0 Å². The minimum Gasteiger partial charge on any atom is -0.387 e. The van der Waals surface area contributed by atoms with Gasteiger partial charge in [0.1, 0.15) is 11.8 Å². The van der Waals surface area contributed by atoms with Gasteiger partial charge in [0, 0.05) is 11.6 Å². The van der Waals surface area contributed by atoms with Crippen LogP contribution in [0, 0.1) is 0 Å². The van der Waals surface area contributed by atoms with Crippen LogP contribution in [0.25, 0.3) is 22.3 Å². The highest BCUT2D eigenvalue weighted by molar-refractivity contribution is 5.92. The predicted octanol–water partition coefficient (Wildman–Crippen LogP) is 2.45. The van der Waals surface area contributed by atoms with Gasteiger partial charge in [0.25, 0.3) is 6.43 Å². The van der Waals surface area contributed by atoms with Crippen LogP contribution in [0.3, 0.4) is 0 Å². The maximum absolute atomic E-state index is 12.3. The quantitative estimate of drug-likeness (QED) is 0.799. The largest absolute Gasteiger partial charge is 0.387 e. The van der Waals surface area contributed by atoms with Crippen molar-refractivity contribution in [2.45, 2.75) is 19.0 Å². The van der Waals surface area contributed by atoms with Crippen molar-refractivity contribution >= 4 is 10.8 Å². The molecule has 0 saturated carbocycles. The van der Waals surface area contributed by atoms with Gasteiger partial charge in [-0.3, -0.25) is 4.98 Å². The Hall–Kier alpha value is -2.41. The van der Waals surface area contributed by atoms with E-state index in [-0.39, 0.29) is 11.7 Å². The Labute approximate surface area is 118 Å². The Morgan fingerprint density at radius 1 is 1.19 bits per heavy atom. The highest BCUT2D eigenvalue weighted by Gasteiger charge is 2.21. The molecule has 21 heavy (non-hydrogen) atoms. The van der Waals surface area contributed by atoms with Crippen LogP contribution in [0.5, 0.6) is 0 Å². The first kappa shape index (κ1) is 13.6. The Kier molecular flexibility index (Phi) is 3.57. The molecule has 0 fully saturated rings. The molecule has 2 heterocycles. The van der Waals surface area contributed by atoms with E-state index in [1.54, 1.807) is 6.20 Å². The second kappa shape index (κ2) is 5.53. The lowest BCUT2D eigenvalue weighted by molar-refractivity contribution is -0.00754.